The molecular weight excluding hydrogens is 409 g/mol. The second-order valence-corrected chi connectivity index (χ2v) is 6.93. The van der Waals surface area contributed by atoms with Crippen molar-refractivity contribution in [3.63, 3.8) is 0 Å². The standard InChI is InChI=1S/C16H10IN3OS/c17-11-1-3-12(4-2-11)19-14-7-10-5-6-22-15(10)8-13(14)16-20-18-9-21-16/h1-9,19H. The van der Waals surface area contributed by atoms with Gasteiger partial charge in [0.2, 0.25) is 12.3 Å². The van der Waals surface area contributed by atoms with Crippen LogP contribution in [0.15, 0.2) is 58.7 Å². The lowest BCUT2D eigenvalue weighted by Gasteiger charge is -2.10. The normalized spacial score (nSPS) is 11.0. The molecule has 4 rings (SSSR count). The van der Waals surface area contributed by atoms with E-state index in [0.717, 1.165) is 16.9 Å². The minimum absolute atomic E-state index is 0.517. The van der Waals surface area contributed by atoms with Crippen LogP contribution in [0.4, 0.5) is 11.4 Å². The van der Waals surface area contributed by atoms with Crippen molar-refractivity contribution in [2.75, 3.05) is 5.32 Å². The molecule has 6 heteroatoms. The monoisotopic (exact) mass is 419 g/mol. The number of fused-ring (bicyclic) bond motifs is 1. The highest BCUT2D eigenvalue weighted by molar-refractivity contribution is 14.1. The number of rotatable bonds is 3. The van der Waals surface area contributed by atoms with E-state index in [1.54, 1.807) is 11.3 Å². The maximum Gasteiger partial charge on any atom is 0.249 e. The molecule has 4 aromatic rings. The number of hydrogen-bond donors (Lipinski definition) is 1. The van der Waals surface area contributed by atoms with Gasteiger partial charge in [-0.1, -0.05) is 0 Å². The molecule has 0 amide bonds. The Morgan fingerprint density at radius 1 is 1.09 bits per heavy atom. The molecule has 22 heavy (non-hydrogen) atoms. The van der Waals surface area contributed by atoms with Gasteiger partial charge in [-0.25, -0.2) is 0 Å². The number of nitrogens with zero attached hydrogens (tertiary/aromatic N) is 2. The van der Waals surface area contributed by atoms with Crippen LogP contribution in [0.1, 0.15) is 0 Å². The van der Waals surface area contributed by atoms with E-state index in [9.17, 15) is 0 Å². The van der Waals surface area contributed by atoms with E-state index in [-0.39, 0.29) is 0 Å². The van der Waals surface area contributed by atoms with Crippen LogP contribution in [0.2, 0.25) is 0 Å². The van der Waals surface area contributed by atoms with E-state index in [1.807, 2.05) is 0 Å². The first-order valence-electron chi connectivity index (χ1n) is 6.60. The SMILES string of the molecule is Ic1ccc(Nc2cc3ccsc3cc2-c2nnco2)cc1. The molecule has 0 saturated heterocycles. The molecule has 0 spiro atoms. The van der Waals surface area contributed by atoms with Crippen LogP contribution in [0.3, 0.4) is 0 Å². The van der Waals surface area contributed by atoms with Gasteiger partial charge in [0.1, 0.15) is 0 Å². The van der Waals surface area contributed by atoms with Crippen LogP contribution in [0.5, 0.6) is 0 Å². The smallest absolute Gasteiger partial charge is 0.249 e. The van der Waals surface area contributed by atoms with Gasteiger partial charge < -0.3 is 9.73 Å². The Labute approximate surface area is 144 Å². The third-order valence-electron chi connectivity index (χ3n) is 3.31. The van der Waals surface area contributed by atoms with Gasteiger partial charge in [-0.15, -0.1) is 21.5 Å². The lowest BCUT2D eigenvalue weighted by Crippen LogP contribution is -1.94. The summed E-state index contributed by atoms with van der Waals surface area (Å²) in [5, 5.41) is 14.5. The Morgan fingerprint density at radius 3 is 2.73 bits per heavy atom. The minimum Gasteiger partial charge on any atom is -0.423 e. The zero-order valence-electron chi connectivity index (χ0n) is 11.3. The Hall–Kier alpha value is -1.93. The fourth-order valence-corrected chi connectivity index (χ4v) is 3.44. The lowest BCUT2D eigenvalue weighted by atomic mass is 10.1. The summed E-state index contributed by atoms with van der Waals surface area (Å²) in [7, 11) is 0. The van der Waals surface area contributed by atoms with Crippen molar-refractivity contribution in [1.82, 2.24) is 10.2 Å². The lowest BCUT2D eigenvalue weighted by molar-refractivity contribution is 0.569. The van der Waals surface area contributed by atoms with Crippen LogP contribution in [-0.2, 0) is 0 Å². The van der Waals surface area contributed by atoms with Crippen LogP contribution < -0.4 is 5.32 Å². The van der Waals surface area contributed by atoms with Crippen molar-refractivity contribution in [3.8, 4) is 11.5 Å². The summed E-state index contributed by atoms with van der Waals surface area (Å²) in [6.07, 6.45) is 1.35. The second-order valence-electron chi connectivity index (χ2n) is 4.73. The molecule has 0 aliphatic heterocycles. The topological polar surface area (TPSA) is 51.0 Å². The first kappa shape index (κ1) is 13.7. The average molecular weight is 419 g/mol. The molecule has 0 unspecified atom stereocenters. The van der Waals surface area contributed by atoms with E-state index in [4.69, 9.17) is 4.42 Å². The van der Waals surface area contributed by atoms with Crippen molar-refractivity contribution in [1.29, 1.82) is 0 Å². The molecule has 4 nitrogen and oxygen atoms in total. The Kier molecular flexibility index (Phi) is 3.55. The summed E-state index contributed by atoms with van der Waals surface area (Å²) in [5.74, 6) is 0.517. The zero-order chi connectivity index (χ0) is 14.9. The molecule has 2 heterocycles. The minimum atomic E-state index is 0.517. The van der Waals surface area contributed by atoms with E-state index >= 15 is 0 Å². The van der Waals surface area contributed by atoms with Crippen molar-refractivity contribution >= 4 is 55.4 Å². The van der Waals surface area contributed by atoms with Crippen molar-refractivity contribution in [3.05, 3.63) is 57.8 Å². The predicted octanol–water partition coefficient (Wildman–Crippen LogP) is 5.30. The van der Waals surface area contributed by atoms with Crippen LogP contribution in [0, 0.1) is 3.57 Å². The fourth-order valence-electron chi connectivity index (χ4n) is 2.27. The van der Waals surface area contributed by atoms with Crippen LogP contribution in [-0.4, -0.2) is 10.2 Å². The van der Waals surface area contributed by atoms with Crippen LogP contribution >= 0.6 is 33.9 Å². The van der Waals surface area contributed by atoms with E-state index < -0.39 is 0 Å². The van der Waals surface area contributed by atoms with E-state index in [1.165, 1.54) is 20.0 Å². The molecule has 2 aromatic carbocycles. The van der Waals surface area contributed by atoms with Gasteiger partial charge in [-0.3, -0.25) is 0 Å². The largest absolute Gasteiger partial charge is 0.423 e. The third-order valence-corrected chi connectivity index (χ3v) is 4.91. The summed E-state index contributed by atoms with van der Waals surface area (Å²) in [6, 6.07) is 14.5. The molecule has 2 aromatic heterocycles. The molecule has 0 radical (unpaired) electrons. The number of benzene rings is 2. The number of halogens is 1. The molecule has 0 bridgehead atoms. The number of aromatic nitrogens is 2. The van der Waals surface area contributed by atoms with Gasteiger partial charge >= 0.3 is 0 Å². The average Bonchev–Trinajstić information content (AvgIpc) is 3.19. The van der Waals surface area contributed by atoms with E-state index in [2.05, 4.69) is 85.9 Å². The number of nitrogens with one attached hydrogen (secondary N) is 1. The molecular formula is C16H10IN3OS. The molecule has 0 fully saturated rings. The molecule has 108 valence electrons. The van der Waals surface area contributed by atoms with Crippen molar-refractivity contribution < 1.29 is 4.42 Å². The maximum absolute atomic E-state index is 5.38. The predicted molar refractivity (Wildman–Crippen MR) is 97.6 cm³/mol. The molecule has 0 atom stereocenters. The van der Waals surface area contributed by atoms with Crippen LogP contribution in [0.25, 0.3) is 21.5 Å². The fraction of sp³-hybridized carbons (Fsp3) is 0. The first-order chi connectivity index (χ1) is 10.8. The molecule has 0 aliphatic carbocycles. The van der Waals surface area contributed by atoms with Gasteiger partial charge in [-0.2, -0.15) is 0 Å². The Bertz CT molecular complexity index is 916. The maximum atomic E-state index is 5.38. The summed E-state index contributed by atoms with van der Waals surface area (Å²) in [6.45, 7) is 0. The highest BCUT2D eigenvalue weighted by Gasteiger charge is 2.12. The van der Waals surface area contributed by atoms with Crippen molar-refractivity contribution in [2.45, 2.75) is 0 Å². The van der Waals surface area contributed by atoms with Gasteiger partial charge in [0.05, 0.1) is 11.3 Å². The highest BCUT2D eigenvalue weighted by Crippen LogP contribution is 2.35. The summed E-state index contributed by atoms with van der Waals surface area (Å²) in [4.78, 5) is 0. The van der Waals surface area contributed by atoms with Gasteiger partial charge in [0.25, 0.3) is 0 Å². The first-order valence-corrected chi connectivity index (χ1v) is 8.56. The summed E-state index contributed by atoms with van der Waals surface area (Å²) >= 11 is 3.99. The molecule has 1 N–H and O–H groups in total. The summed E-state index contributed by atoms with van der Waals surface area (Å²) in [5.41, 5.74) is 2.89. The number of anilines is 2. The number of thiophene rings is 1. The van der Waals surface area contributed by atoms with Gasteiger partial charge in [0.15, 0.2) is 0 Å². The zero-order valence-corrected chi connectivity index (χ0v) is 14.3. The van der Waals surface area contributed by atoms with Gasteiger partial charge in [-0.05, 0) is 75.8 Å². The molecule has 0 saturated carbocycles. The molecule has 0 aliphatic rings. The highest BCUT2D eigenvalue weighted by atomic mass is 127. The second kappa shape index (κ2) is 5.69. The van der Waals surface area contributed by atoms with Gasteiger partial charge in [0, 0.05) is 14.0 Å². The Balaban J connectivity index is 1.83. The third kappa shape index (κ3) is 2.59. The van der Waals surface area contributed by atoms with E-state index in [0.29, 0.717) is 5.89 Å². The number of hydrogen-bond acceptors (Lipinski definition) is 5. The van der Waals surface area contributed by atoms with Crippen molar-refractivity contribution in [2.24, 2.45) is 0 Å². The summed E-state index contributed by atoms with van der Waals surface area (Å²) < 4.78 is 7.78. The quantitative estimate of drug-likeness (QED) is 0.458. The Morgan fingerprint density at radius 2 is 1.95 bits per heavy atom.